The third-order valence-corrected chi connectivity index (χ3v) is 9.34. The fraction of sp³-hybridized carbons (Fsp3) is 0.280. The summed E-state index contributed by atoms with van der Waals surface area (Å²) < 4.78 is 24.5. The second-order valence-electron chi connectivity index (χ2n) is 8.68. The van der Waals surface area contributed by atoms with Gasteiger partial charge in [0.25, 0.3) is 0 Å². The quantitative estimate of drug-likeness (QED) is 0.383. The lowest BCUT2D eigenvalue weighted by molar-refractivity contribution is -0.115. The Kier molecular flexibility index (Phi) is 5.84. The van der Waals surface area contributed by atoms with Gasteiger partial charge in [0, 0.05) is 16.7 Å². The zero-order valence-electron chi connectivity index (χ0n) is 18.4. The van der Waals surface area contributed by atoms with Crippen molar-refractivity contribution in [2.45, 2.75) is 37.5 Å². The third kappa shape index (κ3) is 4.60. The van der Waals surface area contributed by atoms with Crippen LogP contribution in [0, 0.1) is 5.92 Å². The minimum absolute atomic E-state index is 0.115. The molecule has 0 bridgehead atoms. The zero-order valence-corrected chi connectivity index (χ0v) is 20.9. The molecule has 0 fully saturated rings. The molecular formula is C25H24N2O3S3. The normalized spacial score (nSPS) is 16.0. The average molecular weight is 497 g/mol. The fourth-order valence-corrected chi connectivity index (χ4v) is 7.42. The Morgan fingerprint density at radius 2 is 1.88 bits per heavy atom. The number of benzene rings is 2. The SMILES string of the molecule is CC1CCc2c(sc(NC(=O)Cc3ccc(S(C)(=O)=O)cc3)c2-c2nc3ccccc3s2)C1. The molecule has 4 aromatic rings. The molecule has 170 valence electrons. The van der Waals surface area contributed by atoms with Crippen molar-refractivity contribution in [1.29, 1.82) is 0 Å². The molecule has 2 aromatic heterocycles. The maximum Gasteiger partial charge on any atom is 0.229 e. The van der Waals surface area contributed by atoms with Gasteiger partial charge in [-0.15, -0.1) is 22.7 Å². The van der Waals surface area contributed by atoms with Gasteiger partial charge in [0.05, 0.1) is 21.5 Å². The van der Waals surface area contributed by atoms with Crippen molar-refractivity contribution < 1.29 is 13.2 Å². The van der Waals surface area contributed by atoms with E-state index in [1.165, 1.54) is 16.7 Å². The Hall–Kier alpha value is -2.55. The Labute approximate surface area is 201 Å². The van der Waals surface area contributed by atoms with E-state index in [4.69, 9.17) is 4.98 Å². The van der Waals surface area contributed by atoms with E-state index >= 15 is 0 Å². The van der Waals surface area contributed by atoms with Gasteiger partial charge < -0.3 is 5.32 Å². The van der Waals surface area contributed by atoms with Crippen LogP contribution >= 0.6 is 22.7 Å². The zero-order chi connectivity index (χ0) is 23.2. The molecule has 1 aliphatic rings. The van der Waals surface area contributed by atoms with Crippen LogP contribution in [0.25, 0.3) is 20.8 Å². The molecule has 2 heterocycles. The fourth-order valence-electron chi connectivity index (χ4n) is 4.25. The first-order valence-corrected chi connectivity index (χ1v) is 14.4. The van der Waals surface area contributed by atoms with E-state index in [-0.39, 0.29) is 17.2 Å². The number of carbonyl (C=O) groups is 1. The number of nitrogens with one attached hydrogen (secondary N) is 1. The van der Waals surface area contributed by atoms with Gasteiger partial charge in [-0.3, -0.25) is 4.79 Å². The van der Waals surface area contributed by atoms with Gasteiger partial charge in [-0.1, -0.05) is 31.2 Å². The van der Waals surface area contributed by atoms with Crippen LogP contribution in [0.1, 0.15) is 29.3 Å². The molecule has 1 N–H and O–H groups in total. The standard InChI is InChI=1S/C25H24N2O3S3/c1-15-7-12-18-21(13-15)32-25(23(18)24-26-19-5-3-4-6-20(19)31-24)27-22(28)14-16-8-10-17(11-9-16)33(2,29)30/h3-6,8-11,15H,7,12-14H2,1-2H3,(H,27,28). The number of rotatable bonds is 5. The Balaban J connectivity index is 1.45. The summed E-state index contributed by atoms with van der Waals surface area (Å²) in [6.45, 7) is 2.28. The van der Waals surface area contributed by atoms with Crippen LogP contribution in [0.3, 0.4) is 0 Å². The molecule has 8 heteroatoms. The van der Waals surface area contributed by atoms with E-state index in [0.29, 0.717) is 5.92 Å². The maximum absolute atomic E-state index is 13.0. The number of anilines is 1. The summed E-state index contributed by atoms with van der Waals surface area (Å²) >= 11 is 3.34. The highest BCUT2D eigenvalue weighted by atomic mass is 32.2. The molecular weight excluding hydrogens is 472 g/mol. The van der Waals surface area contributed by atoms with Crippen LogP contribution in [0.15, 0.2) is 53.4 Å². The van der Waals surface area contributed by atoms with Crippen molar-refractivity contribution in [1.82, 2.24) is 4.98 Å². The minimum atomic E-state index is -3.26. The molecule has 0 aliphatic heterocycles. The van der Waals surface area contributed by atoms with E-state index in [1.54, 1.807) is 46.9 Å². The summed E-state index contributed by atoms with van der Waals surface area (Å²) in [6.07, 6.45) is 4.53. The summed E-state index contributed by atoms with van der Waals surface area (Å²) in [4.78, 5) is 19.4. The second-order valence-corrected chi connectivity index (χ2v) is 12.8. The molecule has 1 aliphatic carbocycles. The van der Waals surface area contributed by atoms with Crippen LogP contribution in [-0.2, 0) is 33.9 Å². The van der Waals surface area contributed by atoms with Gasteiger partial charge in [0.2, 0.25) is 5.91 Å². The number of nitrogens with zero attached hydrogens (tertiary/aromatic N) is 1. The smallest absolute Gasteiger partial charge is 0.229 e. The van der Waals surface area contributed by atoms with E-state index < -0.39 is 9.84 Å². The number of sulfone groups is 1. The summed E-state index contributed by atoms with van der Waals surface area (Å²) in [7, 11) is -3.26. The number of carbonyl (C=O) groups excluding carboxylic acids is 1. The highest BCUT2D eigenvalue weighted by Gasteiger charge is 2.27. The number of para-hydroxylation sites is 1. The number of thiophene rings is 1. The predicted molar refractivity (Wildman–Crippen MR) is 136 cm³/mol. The molecule has 0 spiro atoms. The van der Waals surface area contributed by atoms with Crippen molar-refractivity contribution in [3.8, 4) is 10.6 Å². The van der Waals surface area contributed by atoms with E-state index in [2.05, 4.69) is 18.3 Å². The van der Waals surface area contributed by atoms with Crippen molar-refractivity contribution in [2.24, 2.45) is 5.92 Å². The first kappa shape index (κ1) is 22.3. The molecule has 1 amide bonds. The summed E-state index contributed by atoms with van der Waals surface area (Å²) in [5.74, 6) is 0.521. The molecule has 1 atom stereocenters. The van der Waals surface area contributed by atoms with Crippen molar-refractivity contribution in [2.75, 3.05) is 11.6 Å². The Bertz CT molecular complexity index is 1420. The van der Waals surface area contributed by atoms with Gasteiger partial charge in [-0.2, -0.15) is 0 Å². The summed E-state index contributed by atoms with van der Waals surface area (Å²) in [5.41, 5.74) is 4.15. The lowest BCUT2D eigenvalue weighted by Gasteiger charge is -2.18. The molecule has 0 radical (unpaired) electrons. The van der Waals surface area contributed by atoms with Gasteiger partial charge in [-0.25, -0.2) is 13.4 Å². The first-order chi connectivity index (χ1) is 15.8. The lowest BCUT2D eigenvalue weighted by Crippen LogP contribution is -2.14. The van der Waals surface area contributed by atoms with E-state index in [9.17, 15) is 13.2 Å². The van der Waals surface area contributed by atoms with E-state index in [0.717, 1.165) is 50.6 Å². The summed E-state index contributed by atoms with van der Waals surface area (Å²) in [6, 6.07) is 14.6. The molecule has 5 rings (SSSR count). The number of aromatic nitrogens is 1. The van der Waals surface area contributed by atoms with Crippen molar-refractivity contribution in [3.05, 3.63) is 64.5 Å². The van der Waals surface area contributed by atoms with Crippen LogP contribution in [0.5, 0.6) is 0 Å². The second kappa shape index (κ2) is 8.66. The van der Waals surface area contributed by atoms with Crippen LogP contribution in [0.4, 0.5) is 5.00 Å². The van der Waals surface area contributed by atoms with Gasteiger partial charge in [0.1, 0.15) is 10.0 Å². The monoisotopic (exact) mass is 496 g/mol. The number of hydrogen-bond acceptors (Lipinski definition) is 6. The van der Waals surface area contributed by atoms with Crippen molar-refractivity contribution in [3.63, 3.8) is 0 Å². The topological polar surface area (TPSA) is 76.1 Å². The largest absolute Gasteiger partial charge is 0.317 e. The number of amides is 1. The number of thiazole rings is 1. The molecule has 2 aromatic carbocycles. The number of hydrogen-bond donors (Lipinski definition) is 1. The summed E-state index contributed by atoms with van der Waals surface area (Å²) in [5, 5.41) is 4.97. The minimum Gasteiger partial charge on any atom is -0.317 e. The molecule has 0 saturated carbocycles. The maximum atomic E-state index is 13.0. The average Bonchev–Trinajstić information content (AvgIpc) is 3.33. The molecule has 33 heavy (non-hydrogen) atoms. The van der Waals surface area contributed by atoms with Crippen LogP contribution in [0.2, 0.25) is 0 Å². The highest BCUT2D eigenvalue weighted by Crippen LogP contribution is 2.47. The van der Waals surface area contributed by atoms with Crippen LogP contribution in [-0.4, -0.2) is 25.6 Å². The highest BCUT2D eigenvalue weighted by molar-refractivity contribution is 7.90. The molecule has 1 unspecified atom stereocenters. The van der Waals surface area contributed by atoms with Gasteiger partial charge >= 0.3 is 0 Å². The first-order valence-electron chi connectivity index (χ1n) is 10.9. The van der Waals surface area contributed by atoms with Gasteiger partial charge in [0.15, 0.2) is 9.84 Å². The van der Waals surface area contributed by atoms with Crippen molar-refractivity contribution >= 4 is 53.6 Å². The molecule has 0 saturated heterocycles. The predicted octanol–water partition coefficient (Wildman–Crippen LogP) is 5.73. The van der Waals surface area contributed by atoms with Crippen LogP contribution < -0.4 is 5.32 Å². The van der Waals surface area contributed by atoms with E-state index in [1.807, 2.05) is 18.2 Å². The lowest BCUT2D eigenvalue weighted by atomic mass is 9.88. The Morgan fingerprint density at radius 1 is 1.12 bits per heavy atom. The Morgan fingerprint density at radius 3 is 2.61 bits per heavy atom. The van der Waals surface area contributed by atoms with Gasteiger partial charge in [-0.05, 0) is 60.6 Å². The molecule has 5 nitrogen and oxygen atoms in total. The third-order valence-electron chi connectivity index (χ3n) is 5.99. The number of fused-ring (bicyclic) bond motifs is 2.